The van der Waals surface area contributed by atoms with Gasteiger partial charge in [-0.2, -0.15) is 0 Å². The highest BCUT2D eigenvalue weighted by Crippen LogP contribution is 2.21. The van der Waals surface area contributed by atoms with Crippen molar-refractivity contribution < 1.29 is 19.4 Å². The predicted octanol–water partition coefficient (Wildman–Crippen LogP) is 2.64. The highest BCUT2D eigenvalue weighted by molar-refractivity contribution is 6.31. The first-order valence-electron chi connectivity index (χ1n) is 6.68. The van der Waals surface area contributed by atoms with Crippen LogP contribution in [0.25, 0.3) is 0 Å². The molecule has 1 aromatic rings. The van der Waals surface area contributed by atoms with Gasteiger partial charge in [0.05, 0.1) is 0 Å². The minimum atomic E-state index is -1.06. The maximum absolute atomic E-state index is 12.0. The largest absolute Gasteiger partial charge is 0.481 e. The number of benzene rings is 1. The van der Waals surface area contributed by atoms with Gasteiger partial charge in [0.1, 0.15) is 11.8 Å². The summed E-state index contributed by atoms with van der Waals surface area (Å²) in [5.41, 5.74) is 0.840. The summed E-state index contributed by atoms with van der Waals surface area (Å²) < 4.78 is 5.51. The molecule has 0 saturated carbocycles. The van der Waals surface area contributed by atoms with E-state index in [1.54, 1.807) is 39.0 Å². The lowest BCUT2D eigenvalue weighted by Crippen LogP contribution is -2.48. The molecule has 0 saturated heterocycles. The van der Waals surface area contributed by atoms with E-state index >= 15 is 0 Å². The first-order valence-corrected chi connectivity index (χ1v) is 7.06. The molecule has 0 spiro atoms. The molecule has 1 rings (SSSR count). The van der Waals surface area contributed by atoms with Crippen molar-refractivity contribution in [2.24, 2.45) is 5.92 Å². The lowest BCUT2D eigenvalue weighted by molar-refractivity contribution is -0.144. The molecule has 0 aliphatic carbocycles. The molecule has 116 valence electrons. The molecular weight excluding hydrogens is 294 g/mol. The van der Waals surface area contributed by atoms with Crippen molar-refractivity contribution in [3.8, 4) is 5.75 Å². The second-order valence-corrected chi connectivity index (χ2v) is 5.65. The van der Waals surface area contributed by atoms with Crippen LogP contribution in [0.3, 0.4) is 0 Å². The Morgan fingerprint density at radius 3 is 2.38 bits per heavy atom. The van der Waals surface area contributed by atoms with E-state index < -0.39 is 24.0 Å². The molecule has 1 unspecified atom stereocenters. The Bertz CT molecular complexity index is 530. The molecular formula is C15H20ClNO4. The van der Waals surface area contributed by atoms with Crippen LogP contribution < -0.4 is 10.1 Å². The summed E-state index contributed by atoms with van der Waals surface area (Å²) in [7, 11) is 0. The van der Waals surface area contributed by atoms with Gasteiger partial charge in [-0.05, 0) is 43.5 Å². The first-order chi connectivity index (χ1) is 9.72. The third-order valence-electron chi connectivity index (χ3n) is 3.04. The van der Waals surface area contributed by atoms with Crippen LogP contribution in [0.15, 0.2) is 18.2 Å². The van der Waals surface area contributed by atoms with E-state index in [9.17, 15) is 9.59 Å². The van der Waals surface area contributed by atoms with Crippen molar-refractivity contribution in [3.05, 3.63) is 28.8 Å². The van der Waals surface area contributed by atoms with Crippen molar-refractivity contribution in [1.29, 1.82) is 0 Å². The average molecular weight is 314 g/mol. The Balaban J connectivity index is 2.69. The summed E-state index contributed by atoms with van der Waals surface area (Å²) in [4.78, 5) is 23.1. The van der Waals surface area contributed by atoms with E-state index in [2.05, 4.69) is 5.32 Å². The Kier molecular flexibility index (Phi) is 6.03. The Morgan fingerprint density at radius 2 is 1.90 bits per heavy atom. The van der Waals surface area contributed by atoms with Crippen LogP contribution >= 0.6 is 11.6 Å². The third-order valence-corrected chi connectivity index (χ3v) is 3.47. The number of aryl methyl sites for hydroxylation is 1. The second kappa shape index (κ2) is 7.31. The van der Waals surface area contributed by atoms with Gasteiger partial charge in [0, 0.05) is 5.02 Å². The fourth-order valence-corrected chi connectivity index (χ4v) is 1.85. The van der Waals surface area contributed by atoms with E-state index in [4.69, 9.17) is 21.4 Å². The van der Waals surface area contributed by atoms with Gasteiger partial charge in [-0.1, -0.05) is 25.4 Å². The summed E-state index contributed by atoms with van der Waals surface area (Å²) >= 11 is 5.92. The summed E-state index contributed by atoms with van der Waals surface area (Å²) in [6, 6.07) is 4.14. The van der Waals surface area contributed by atoms with Crippen LogP contribution in [0.1, 0.15) is 26.3 Å². The number of hydrogen-bond acceptors (Lipinski definition) is 3. The number of carbonyl (C=O) groups is 2. The van der Waals surface area contributed by atoms with Gasteiger partial charge in [-0.25, -0.2) is 4.79 Å². The fourth-order valence-electron chi connectivity index (χ4n) is 1.73. The van der Waals surface area contributed by atoms with Crippen molar-refractivity contribution in [2.75, 3.05) is 0 Å². The molecule has 6 heteroatoms. The van der Waals surface area contributed by atoms with Crippen LogP contribution in [0.4, 0.5) is 0 Å². The molecule has 0 aromatic heterocycles. The molecule has 0 aliphatic rings. The number of carboxylic acids is 1. The Hall–Kier alpha value is -1.75. The summed E-state index contributed by atoms with van der Waals surface area (Å²) in [5.74, 6) is -1.23. The van der Waals surface area contributed by atoms with Gasteiger partial charge in [0.2, 0.25) is 0 Å². The topological polar surface area (TPSA) is 75.6 Å². The van der Waals surface area contributed by atoms with Gasteiger partial charge in [0.15, 0.2) is 6.10 Å². The van der Waals surface area contributed by atoms with Crippen LogP contribution in [0.2, 0.25) is 5.02 Å². The maximum atomic E-state index is 12.0. The lowest BCUT2D eigenvalue weighted by Gasteiger charge is -2.21. The zero-order valence-corrected chi connectivity index (χ0v) is 13.3. The highest BCUT2D eigenvalue weighted by atomic mass is 35.5. The maximum Gasteiger partial charge on any atom is 0.326 e. The van der Waals surface area contributed by atoms with E-state index in [1.165, 1.54) is 0 Å². The first kappa shape index (κ1) is 17.3. The number of halogens is 1. The van der Waals surface area contributed by atoms with E-state index in [0.29, 0.717) is 10.8 Å². The van der Waals surface area contributed by atoms with Gasteiger partial charge < -0.3 is 15.2 Å². The average Bonchev–Trinajstić information content (AvgIpc) is 2.39. The van der Waals surface area contributed by atoms with Crippen LogP contribution in [0.5, 0.6) is 5.75 Å². The summed E-state index contributed by atoms with van der Waals surface area (Å²) in [5, 5.41) is 12.1. The van der Waals surface area contributed by atoms with Gasteiger partial charge in [0.25, 0.3) is 5.91 Å². The molecule has 0 aliphatic heterocycles. The normalized spacial score (nSPS) is 13.6. The predicted molar refractivity (Wildman–Crippen MR) is 80.7 cm³/mol. The van der Waals surface area contributed by atoms with Crippen molar-refractivity contribution in [1.82, 2.24) is 5.32 Å². The van der Waals surface area contributed by atoms with E-state index in [0.717, 1.165) is 5.56 Å². The number of carboxylic acid groups (broad SMARTS) is 1. The lowest BCUT2D eigenvalue weighted by atomic mass is 10.0. The zero-order chi connectivity index (χ0) is 16.2. The fraction of sp³-hybridized carbons (Fsp3) is 0.467. The second-order valence-electron chi connectivity index (χ2n) is 5.24. The minimum absolute atomic E-state index is 0.212. The SMILES string of the molecule is Cc1cc(OC(C)C(=O)N[C@H](C(=O)O)C(C)C)ccc1Cl. The van der Waals surface area contributed by atoms with Crippen molar-refractivity contribution in [3.63, 3.8) is 0 Å². The molecule has 2 N–H and O–H groups in total. The molecule has 1 aromatic carbocycles. The molecule has 21 heavy (non-hydrogen) atoms. The van der Waals surface area contributed by atoms with E-state index in [-0.39, 0.29) is 5.92 Å². The summed E-state index contributed by atoms with van der Waals surface area (Å²) in [6.07, 6.45) is -0.800. The monoisotopic (exact) mass is 313 g/mol. The molecule has 0 heterocycles. The number of hydrogen-bond donors (Lipinski definition) is 2. The summed E-state index contributed by atoms with van der Waals surface area (Å²) in [6.45, 7) is 6.86. The third kappa shape index (κ3) is 4.93. The minimum Gasteiger partial charge on any atom is -0.481 e. The zero-order valence-electron chi connectivity index (χ0n) is 12.5. The van der Waals surface area contributed by atoms with E-state index in [1.807, 2.05) is 6.92 Å². The van der Waals surface area contributed by atoms with Gasteiger partial charge >= 0.3 is 5.97 Å². The standard InChI is InChI=1S/C15H20ClNO4/c1-8(2)13(15(19)20)17-14(18)10(4)21-11-5-6-12(16)9(3)7-11/h5-8,10,13H,1-4H3,(H,17,18)(H,19,20)/t10?,13-/m0/s1. The quantitative estimate of drug-likeness (QED) is 0.846. The molecule has 0 radical (unpaired) electrons. The molecule has 0 fully saturated rings. The smallest absolute Gasteiger partial charge is 0.326 e. The number of rotatable bonds is 6. The Labute approximate surface area is 129 Å². The number of carbonyl (C=O) groups excluding carboxylic acids is 1. The van der Waals surface area contributed by atoms with Crippen LogP contribution in [0, 0.1) is 12.8 Å². The number of amides is 1. The Morgan fingerprint density at radius 1 is 1.29 bits per heavy atom. The number of ether oxygens (including phenoxy) is 1. The highest BCUT2D eigenvalue weighted by Gasteiger charge is 2.26. The molecule has 1 amide bonds. The van der Waals surface area contributed by atoms with Gasteiger partial charge in [-0.15, -0.1) is 0 Å². The van der Waals surface area contributed by atoms with Crippen molar-refractivity contribution >= 4 is 23.5 Å². The molecule has 0 bridgehead atoms. The molecule has 5 nitrogen and oxygen atoms in total. The van der Waals surface area contributed by atoms with Crippen LogP contribution in [-0.4, -0.2) is 29.1 Å². The molecule has 2 atom stereocenters. The number of aliphatic carboxylic acids is 1. The van der Waals surface area contributed by atoms with Crippen LogP contribution in [-0.2, 0) is 9.59 Å². The van der Waals surface area contributed by atoms with Gasteiger partial charge in [-0.3, -0.25) is 4.79 Å². The number of nitrogens with one attached hydrogen (secondary N) is 1. The van der Waals surface area contributed by atoms with Crippen molar-refractivity contribution in [2.45, 2.75) is 39.8 Å².